The molecule has 0 bridgehead atoms. The highest BCUT2D eigenvalue weighted by Crippen LogP contribution is 2.26. The van der Waals surface area contributed by atoms with E-state index in [9.17, 15) is 0 Å². The molecule has 1 fully saturated rings. The van der Waals surface area contributed by atoms with Crippen LogP contribution in [0.4, 0.5) is 5.69 Å². The van der Waals surface area contributed by atoms with Crippen LogP contribution in [0.1, 0.15) is 36.4 Å². The average molecular weight is 405 g/mol. The maximum absolute atomic E-state index is 9.04. The molecule has 0 unspecified atom stereocenters. The van der Waals surface area contributed by atoms with Gasteiger partial charge in [-0.2, -0.15) is 5.26 Å². The summed E-state index contributed by atoms with van der Waals surface area (Å²) in [5.41, 5.74) is 4.36. The Balaban J connectivity index is 1.74. The van der Waals surface area contributed by atoms with Crippen molar-refractivity contribution in [2.24, 2.45) is 22.1 Å². The predicted octanol–water partition coefficient (Wildman–Crippen LogP) is 3.13. The van der Waals surface area contributed by atoms with E-state index >= 15 is 0 Å². The third kappa shape index (κ3) is 5.39. The summed E-state index contributed by atoms with van der Waals surface area (Å²) in [6.07, 6.45) is 0.986. The van der Waals surface area contributed by atoms with Crippen LogP contribution >= 0.6 is 0 Å². The summed E-state index contributed by atoms with van der Waals surface area (Å²) >= 11 is 0. The minimum Gasteiger partial charge on any atom is -0.368 e. The van der Waals surface area contributed by atoms with Crippen molar-refractivity contribution in [3.8, 4) is 6.07 Å². The molecule has 2 aromatic rings. The quantitative estimate of drug-likeness (QED) is 0.252. The van der Waals surface area contributed by atoms with E-state index in [1.54, 1.807) is 6.07 Å². The molecule has 0 radical (unpaired) electrons. The first-order chi connectivity index (χ1) is 14.5. The Kier molecular flexibility index (Phi) is 7.09. The summed E-state index contributed by atoms with van der Waals surface area (Å²) < 4.78 is 0. The van der Waals surface area contributed by atoms with Gasteiger partial charge in [-0.1, -0.05) is 31.2 Å². The Morgan fingerprint density at radius 3 is 2.67 bits per heavy atom. The molecule has 1 aromatic carbocycles. The monoisotopic (exact) mass is 404 g/mol. The number of aromatic nitrogens is 1. The lowest BCUT2D eigenvalue weighted by atomic mass is 9.99. The predicted molar refractivity (Wildman–Crippen MR) is 117 cm³/mol. The van der Waals surface area contributed by atoms with Crippen molar-refractivity contribution in [3.63, 3.8) is 0 Å². The fourth-order valence-electron chi connectivity index (χ4n) is 3.75. The maximum Gasteiger partial charge on any atom is 0.178 e. The minimum atomic E-state index is 0.0727. The molecule has 0 amide bonds. The third-order valence-electron chi connectivity index (χ3n) is 5.14. The molecule has 1 saturated heterocycles. The van der Waals surface area contributed by atoms with Gasteiger partial charge in [0.15, 0.2) is 5.84 Å². The number of amidine groups is 1. The third-order valence-corrected chi connectivity index (χ3v) is 5.14. The highest BCUT2D eigenvalue weighted by molar-refractivity contribution is 6.02. The highest BCUT2D eigenvalue weighted by Gasteiger charge is 2.21. The maximum atomic E-state index is 9.04. The van der Waals surface area contributed by atoms with Gasteiger partial charge in [-0.3, -0.25) is 10.3 Å². The Morgan fingerprint density at radius 1 is 1.23 bits per heavy atom. The number of piperazine rings is 1. The van der Waals surface area contributed by atoms with Gasteiger partial charge in [0, 0.05) is 44.0 Å². The average Bonchev–Trinajstić information content (AvgIpc) is 2.74. The van der Waals surface area contributed by atoms with E-state index in [-0.39, 0.29) is 5.84 Å². The van der Waals surface area contributed by atoms with Gasteiger partial charge in [-0.25, -0.2) is 4.98 Å². The van der Waals surface area contributed by atoms with Gasteiger partial charge >= 0.3 is 0 Å². The second-order valence-electron chi connectivity index (χ2n) is 7.90. The molecular formula is C22H28N8. The molecule has 0 spiro atoms. The molecule has 0 saturated carbocycles. The van der Waals surface area contributed by atoms with Crippen molar-refractivity contribution in [1.29, 1.82) is 10.7 Å². The fourth-order valence-corrected chi connectivity index (χ4v) is 3.75. The lowest BCUT2D eigenvalue weighted by molar-refractivity contribution is 0.247. The van der Waals surface area contributed by atoms with Gasteiger partial charge < -0.3 is 10.7 Å². The second-order valence-corrected chi connectivity index (χ2v) is 7.90. The summed E-state index contributed by atoms with van der Waals surface area (Å²) in [7, 11) is 0. The fraction of sp³-hybridized carbons (Fsp3) is 0.409. The van der Waals surface area contributed by atoms with Crippen LogP contribution in [0.25, 0.3) is 0 Å². The number of anilines is 1. The van der Waals surface area contributed by atoms with Crippen molar-refractivity contribution in [2.75, 3.05) is 31.1 Å². The van der Waals surface area contributed by atoms with Crippen LogP contribution in [0, 0.1) is 22.7 Å². The number of rotatable bonds is 6. The van der Waals surface area contributed by atoms with E-state index in [0.717, 1.165) is 56.1 Å². The molecule has 1 aromatic heterocycles. The molecule has 156 valence electrons. The standard InChI is InChI=1S/C22H28N8/c1-16(2)12-17-6-7-20(22(24)27-28-25)21(13-17)30-10-8-29(9-11-30)15-19-5-3-4-18(14-23)26-19/h3-7,13,16H,8-12,15H2,1-2H3,(H3,24,25,27). The van der Waals surface area contributed by atoms with Crippen LogP contribution in [-0.2, 0) is 13.0 Å². The molecule has 0 aliphatic carbocycles. The van der Waals surface area contributed by atoms with E-state index in [1.165, 1.54) is 5.56 Å². The molecule has 3 rings (SSSR count). The topological polar surface area (TPSA) is 118 Å². The number of nitrogens with one attached hydrogen (secondary N) is 1. The van der Waals surface area contributed by atoms with Crippen molar-refractivity contribution in [3.05, 3.63) is 58.9 Å². The Morgan fingerprint density at radius 2 is 2.00 bits per heavy atom. The number of nitriles is 1. The molecule has 30 heavy (non-hydrogen) atoms. The van der Waals surface area contributed by atoms with Gasteiger partial charge in [-0.15, -0.1) is 5.11 Å². The number of hydrogen-bond donors (Lipinski definition) is 2. The van der Waals surface area contributed by atoms with Gasteiger partial charge in [0.25, 0.3) is 0 Å². The smallest absolute Gasteiger partial charge is 0.178 e. The van der Waals surface area contributed by atoms with E-state index in [2.05, 4.69) is 57.2 Å². The summed E-state index contributed by atoms with van der Waals surface area (Å²) in [5, 5.41) is 24.3. The van der Waals surface area contributed by atoms with Crippen molar-refractivity contribution >= 4 is 11.5 Å². The molecule has 3 N–H and O–H groups in total. The van der Waals surface area contributed by atoms with E-state index in [0.29, 0.717) is 11.6 Å². The number of hydrogen-bond acceptors (Lipinski definition) is 6. The first kappa shape index (κ1) is 21.4. The van der Waals surface area contributed by atoms with E-state index < -0.39 is 0 Å². The Labute approximate surface area is 177 Å². The zero-order chi connectivity index (χ0) is 21.5. The first-order valence-electron chi connectivity index (χ1n) is 10.2. The van der Waals surface area contributed by atoms with Crippen LogP contribution in [0.15, 0.2) is 46.7 Å². The zero-order valence-electron chi connectivity index (χ0n) is 17.5. The summed E-state index contributed by atoms with van der Waals surface area (Å²) in [5.74, 6) is 5.80. The minimum absolute atomic E-state index is 0.0727. The van der Waals surface area contributed by atoms with Crippen LogP contribution in [0.5, 0.6) is 0 Å². The molecule has 2 heterocycles. The van der Waals surface area contributed by atoms with Gasteiger partial charge in [0.2, 0.25) is 0 Å². The molecule has 0 atom stereocenters. The zero-order valence-corrected chi connectivity index (χ0v) is 17.5. The molecular weight excluding hydrogens is 376 g/mol. The lowest BCUT2D eigenvalue weighted by Crippen LogP contribution is -2.46. The Hall–Kier alpha value is -3.31. The van der Waals surface area contributed by atoms with Crippen LogP contribution in [-0.4, -0.2) is 41.9 Å². The number of benzene rings is 1. The van der Waals surface area contributed by atoms with Crippen LogP contribution in [0.3, 0.4) is 0 Å². The molecule has 8 heteroatoms. The second kappa shape index (κ2) is 9.94. The molecule has 8 nitrogen and oxygen atoms in total. The normalized spacial score (nSPS) is 14.9. The summed E-state index contributed by atoms with van der Waals surface area (Å²) in [4.78, 5) is 9.02. The number of nitrogens with two attached hydrogens (primary N) is 1. The van der Waals surface area contributed by atoms with Gasteiger partial charge in [-0.05, 0) is 42.2 Å². The summed E-state index contributed by atoms with van der Waals surface area (Å²) in [6.45, 7) is 8.54. The van der Waals surface area contributed by atoms with E-state index in [4.69, 9.17) is 16.5 Å². The largest absolute Gasteiger partial charge is 0.368 e. The van der Waals surface area contributed by atoms with Crippen molar-refractivity contribution < 1.29 is 0 Å². The molecule has 1 aliphatic rings. The first-order valence-corrected chi connectivity index (χ1v) is 10.2. The highest BCUT2D eigenvalue weighted by atomic mass is 15.3. The molecule has 1 aliphatic heterocycles. The van der Waals surface area contributed by atoms with Gasteiger partial charge in [0.05, 0.1) is 5.69 Å². The number of pyridine rings is 1. The van der Waals surface area contributed by atoms with Gasteiger partial charge in [0.1, 0.15) is 11.8 Å². The van der Waals surface area contributed by atoms with Crippen LogP contribution in [0.2, 0.25) is 0 Å². The van der Waals surface area contributed by atoms with Crippen molar-refractivity contribution in [2.45, 2.75) is 26.8 Å². The summed E-state index contributed by atoms with van der Waals surface area (Å²) in [6, 6.07) is 13.8. The van der Waals surface area contributed by atoms with E-state index in [1.807, 2.05) is 18.2 Å². The van der Waals surface area contributed by atoms with Crippen LogP contribution < -0.4 is 10.7 Å². The lowest BCUT2D eigenvalue weighted by Gasteiger charge is -2.37. The SMILES string of the molecule is CC(C)Cc1ccc(C(=N)N=NN)c(N2CCN(Cc3cccc(C#N)n3)CC2)c1. The Bertz CT molecular complexity index is 952. The van der Waals surface area contributed by atoms with Crippen molar-refractivity contribution in [1.82, 2.24) is 9.88 Å². The number of nitrogens with zero attached hydrogens (tertiary/aromatic N) is 6.